The Morgan fingerprint density at radius 3 is 2.65 bits per heavy atom. The molecule has 1 aromatic heterocycles. The van der Waals surface area contributed by atoms with Crippen molar-refractivity contribution in [1.82, 2.24) is 4.98 Å². The van der Waals surface area contributed by atoms with Crippen molar-refractivity contribution < 1.29 is 38.4 Å². The molecule has 10 nitrogen and oxygen atoms in total. The molecule has 0 radical (unpaired) electrons. The van der Waals surface area contributed by atoms with E-state index < -0.39 is 23.7 Å². The quantitative estimate of drug-likeness (QED) is 0.101. The van der Waals surface area contributed by atoms with Crippen LogP contribution in [0.4, 0.5) is 5.13 Å². The molecule has 1 amide bonds. The van der Waals surface area contributed by atoms with Crippen molar-refractivity contribution >= 4 is 39.9 Å². The van der Waals surface area contributed by atoms with Gasteiger partial charge in [-0.15, -0.1) is 0 Å². The topological polar surface area (TPSA) is 124 Å². The van der Waals surface area contributed by atoms with E-state index in [0.29, 0.717) is 48.0 Å². The number of unbranched alkanes of at least 4 members (excludes halogenated alkanes) is 1. The van der Waals surface area contributed by atoms with E-state index in [9.17, 15) is 19.5 Å². The number of amides is 1. The average Bonchev–Trinajstić information content (AvgIpc) is 3.64. The summed E-state index contributed by atoms with van der Waals surface area (Å²) in [5, 5.41) is 11.8. The van der Waals surface area contributed by atoms with Crippen LogP contribution in [0, 0.1) is 6.92 Å². The molecule has 3 heterocycles. The normalized spacial score (nSPS) is 18.9. The van der Waals surface area contributed by atoms with Gasteiger partial charge in [-0.2, -0.15) is 0 Å². The molecular formula is C32H34N2O8S. The van der Waals surface area contributed by atoms with Gasteiger partial charge in [-0.25, -0.2) is 9.78 Å². The Hall–Kier alpha value is -4.38. The molecule has 2 aliphatic heterocycles. The van der Waals surface area contributed by atoms with Crippen LogP contribution in [0.1, 0.15) is 71.7 Å². The minimum atomic E-state index is -1.07. The third kappa shape index (κ3) is 5.69. The summed E-state index contributed by atoms with van der Waals surface area (Å²) in [6.45, 7) is 8.36. The van der Waals surface area contributed by atoms with Crippen LogP contribution in [0.15, 0.2) is 42.0 Å². The van der Waals surface area contributed by atoms with Crippen molar-refractivity contribution in [3.8, 4) is 17.2 Å². The Kier molecular flexibility index (Phi) is 8.72. The van der Waals surface area contributed by atoms with E-state index in [1.165, 1.54) is 12.0 Å². The van der Waals surface area contributed by atoms with E-state index in [1.807, 2.05) is 13.8 Å². The van der Waals surface area contributed by atoms with Crippen LogP contribution < -0.4 is 19.1 Å². The summed E-state index contributed by atoms with van der Waals surface area (Å²) in [6.07, 6.45) is 2.47. The molecule has 1 fully saturated rings. The van der Waals surface area contributed by atoms with Gasteiger partial charge in [0.25, 0.3) is 5.78 Å². The number of hydrogen-bond acceptors (Lipinski definition) is 10. The standard InChI is InChI=1S/C32H34N2O8S/c1-6-8-13-41-23-12-9-19(16-24(23)40-7-2)26-25(27(35)20-10-11-22-21(15-20)14-17(3)42-22)28(36)30(37)34(26)32-33-18(4)29(43-32)31(38)39-5/h9-12,15-17,26,35H,6-8,13-14H2,1-5H3/t17-,26-/m0/s1. The first-order chi connectivity index (χ1) is 20.7. The lowest BCUT2D eigenvalue weighted by Crippen LogP contribution is -2.29. The molecule has 43 heavy (non-hydrogen) atoms. The number of methoxy groups -OCH3 is 1. The molecule has 0 saturated carbocycles. The largest absolute Gasteiger partial charge is 0.507 e. The number of thiazole rings is 1. The van der Waals surface area contributed by atoms with E-state index in [-0.39, 0.29) is 27.4 Å². The average molecular weight is 607 g/mol. The second-order valence-electron chi connectivity index (χ2n) is 10.4. The van der Waals surface area contributed by atoms with Crippen LogP contribution in [0.2, 0.25) is 0 Å². The fraction of sp³-hybridized carbons (Fsp3) is 0.375. The van der Waals surface area contributed by atoms with Gasteiger partial charge in [-0.3, -0.25) is 14.5 Å². The SMILES string of the molecule is CCCCOc1ccc([C@H]2C(=C(O)c3ccc4c(c3)C[C@H](C)O4)C(=O)C(=O)N2c2nc(C)c(C(=O)OC)s2)cc1OCC. The van der Waals surface area contributed by atoms with E-state index in [0.717, 1.165) is 35.5 Å². The first-order valence-corrected chi connectivity index (χ1v) is 15.1. The van der Waals surface area contributed by atoms with Crippen LogP contribution in [0.5, 0.6) is 17.2 Å². The molecule has 0 spiro atoms. The number of ketones is 1. The number of nitrogens with zero attached hydrogens (tertiary/aromatic N) is 2. The van der Waals surface area contributed by atoms with Gasteiger partial charge in [0.05, 0.1) is 37.6 Å². The Morgan fingerprint density at radius 1 is 1.14 bits per heavy atom. The van der Waals surface area contributed by atoms with Crippen molar-refractivity contribution in [1.29, 1.82) is 0 Å². The molecule has 2 aromatic carbocycles. The minimum Gasteiger partial charge on any atom is -0.507 e. The monoisotopic (exact) mass is 606 g/mol. The smallest absolute Gasteiger partial charge is 0.350 e. The number of carbonyl (C=O) groups is 3. The highest BCUT2D eigenvalue weighted by atomic mass is 32.1. The van der Waals surface area contributed by atoms with Gasteiger partial charge in [0, 0.05) is 12.0 Å². The number of rotatable bonds is 10. The zero-order valence-corrected chi connectivity index (χ0v) is 25.6. The minimum absolute atomic E-state index is 0.00910. The number of Topliss-reactive ketones (excluding diaryl/α,β-unsaturated/α-hetero) is 1. The van der Waals surface area contributed by atoms with Crippen molar-refractivity contribution in [2.75, 3.05) is 25.2 Å². The summed E-state index contributed by atoms with van der Waals surface area (Å²) in [4.78, 5) is 45.7. The maximum atomic E-state index is 13.7. The van der Waals surface area contributed by atoms with Crippen LogP contribution in [0.25, 0.3) is 5.76 Å². The highest BCUT2D eigenvalue weighted by Crippen LogP contribution is 2.46. The number of aryl methyl sites for hydroxylation is 1. The number of hydrogen-bond donors (Lipinski definition) is 1. The van der Waals surface area contributed by atoms with Gasteiger partial charge in [0.2, 0.25) is 0 Å². The second-order valence-corrected chi connectivity index (χ2v) is 11.3. The van der Waals surface area contributed by atoms with Crippen LogP contribution in [-0.4, -0.2) is 54.2 Å². The zero-order chi connectivity index (χ0) is 30.8. The van der Waals surface area contributed by atoms with Crippen LogP contribution in [0.3, 0.4) is 0 Å². The van der Waals surface area contributed by atoms with Crippen molar-refractivity contribution in [2.24, 2.45) is 0 Å². The molecule has 226 valence electrons. The summed E-state index contributed by atoms with van der Waals surface area (Å²) >= 11 is 0.941. The summed E-state index contributed by atoms with van der Waals surface area (Å²) < 4.78 is 22.5. The predicted octanol–water partition coefficient (Wildman–Crippen LogP) is 5.77. The summed E-state index contributed by atoms with van der Waals surface area (Å²) in [7, 11) is 1.26. The molecule has 1 saturated heterocycles. The summed E-state index contributed by atoms with van der Waals surface area (Å²) in [5.74, 6) is -0.989. The highest BCUT2D eigenvalue weighted by Gasteiger charge is 2.48. The highest BCUT2D eigenvalue weighted by molar-refractivity contribution is 7.17. The van der Waals surface area contributed by atoms with E-state index >= 15 is 0 Å². The Bertz CT molecular complexity index is 1610. The number of esters is 1. The van der Waals surface area contributed by atoms with Crippen LogP contribution in [-0.2, 0) is 20.7 Å². The maximum Gasteiger partial charge on any atom is 0.350 e. The fourth-order valence-electron chi connectivity index (χ4n) is 5.25. The number of ether oxygens (including phenoxy) is 4. The summed E-state index contributed by atoms with van der Waals surface area (Å²) in [6, 6.07) is 9.30. The molecule has 2 aliphatic rings. The zero-order valence-electron chi connectivity index (χ0n) is 24.8. The van der Waals surface area contributed by atoms with Crippen LogP contribution >= 0.6 is 11.3 Å². The number of aliphatic hydroxyl groups is 1. The molecule has 11 heteroatoms. The molecule has 2 atom stereocenters. The van der Waals surface area contributed by atoms with Gasteiger partial charge < -0.3 is 24.1 Å². The molecule has 0 aliphatic carbocycles. The number of fused-ring (bicyclic) bond motifs is 1. The molecule has 0 unspecified atom stereocenters. The molecule has 0 bridgehead atoms. The lowest BCUT2D eigenvalue weighted by atomic mass is 9.94. The predicted molar refractivity (Wildman–Crippen MR) is 161 cm³/mol. The Labute approximate surface area is 253 Å². The van der Waals surface area contributed by atoms with Crippen molar-refractivity contribution in [3.05, 3.63) is 69.2 Å². The lowest BCUT2D eigenvalue weighted by Gasteiger charge is -2.24. The van der Waals surface area contributed by atoms with Gasteiger partial charge >= 0.3 is 11.9 Å². The number of benzene rings is 2. The first kappa shape index (κ1) is 30.1. The number of anilines is 1. The lowest BCUT2D eigenvalue weighted by molar-refractivity contribution is -0.132. The molecular weight excluding hydrogens is 572 g/mol. The maximum absolute atomic E-state index is 13.7. The van der Waals surface area contributed by atoms with Gasteiger partial charge in [-0.1, -0.05) is 30.7 Å². The fourth-order valence-corrected chi connectivity index (χ4v) is 6.26. The number of carbonyl (C=O) groups excluding carboxylic acids is 3. The third-order valence-electron chi connectivity index (χ3n) is 7.31. The number of aliphatic hydroxyl groups excluding tert-OH is 1. The first-order valence-electron chi connectivity index (χ1n) is 14.2. The van der Waals surface area contributed by atoms with Gasteiger partial charge in [-0.05, 0) is 68.7 Å². The Balaban J connectivity index is 1.68. The van der Waals surface area contributed by atoms with E-state index in [4.69, 9.17) is 18.9 Å². The molecule has 5 rings (SSSR count). The Morgan fingerprint density at radius 2 is 1.93 bits per heavy atom. The second kappa shape index (κ2) is 12.5. The molecule has 1 N–H and O–H groups in total. The van der Waals surface area contributed by atoms with Gasteiger partial charge in [0.15, 0.2) is 16.6 Å². The van der Waals surface area contributed by atoms with Gasteiger partial charge in [0.1, 0.15) is 22.5 Å². The van der Waals surface area contributed by atoms with E-state index in [2.05, 4.69) is 11.9 Å². The number of aromatic nitrogens is 1. The summed E-state index contributed by atoms with van der Waals surface area (Å²) in [5.41, 5.74) is 2.03. The van der Waals surface area contributed by atoms with Crippen molar-refractivity contribution in [3.63, 3.8) is 0 Å². The van der Waals surface area contributed by atoms with E-state index in [1.54, 1.807) is 43.3 Å². The van der Waals surface area contributed by atoms with Crippen molar-refractivity contribution in [2.45, 2.75) is 59.1 Å². The molecule has 3 aromatic rings. The third-order valence-corrected chi connectivity index (χ3v) is 8.45.